The molecule has 0 radical (unpaired) electrons. The molecule has 30 heavy (non-hydrogen) atoms. The number of hydrogen-bond donors (Lipinski definition) is 1. The summed E-state index contributed by atoms with van der Waals surface area (Å²) in [5, 5.41) is 2.95. The Morgan fingerprint density at radius 1 is 1.27 bits per heavy atom. The molecule has 6 nitrogen and oxygen atoms in total. The molecule has 1 aromatic carbocycles. The van der Waals surface area contributed by atoms with E-state index >= 15 is 0 Å². The van der Waals surface area contributed by atoms with Crippen LogP contribution in [0.5, 0.6) is 0 Å². The molecule has 0 bridgehead atoms. The van der Waals surface area contributed by atoms with Crippen molar-refractivity contribution in [2.24, 2.45) is 10.9 Å². The molecule has 1 aromatic heterocycles. The van der Waals surface area contributed by atoms with Crippen molar-refractivity contribution in [2.45, 2.75) is 57.3 Å². The van der Waals surface area contributed by atoms with Gasteiger partial charge in [0, 0.05) is 36.3 Å². The van der Waals surface area contributed by atoms with E-state index in [1.807, 2.05) is 20.0 Å². The third-order valence-electron chi connectivity index (χ3n) is 5.31. The van der Waals surface area contributed by atoms with Crippen LogP contribution in [0.1, 0.15) is 59.4 Å². The van der Waals surface area contributed by atoms with E-state index in [9.17, 15) is 8.76 Å². The first-order valence-corrected chi connectivity index (χ1v) is 11.5. The number of aromatic nitrogens is 1. The predicted molar refractivity (Wildman–Crippen MR) is 123 cm³/mol. The van der Waals surface area contributed by atoms with E-state index < -0.39 is 11.1 Å². The number of anilines is 2. The Balaban J connectivity index is 0.00000111. The topological polar surface area (TPSA) is 90.5 Å². The Kier molecular flexibility index (Phi) is 7.76. The summed E-state index contributed by atoms with van der Waals surface area (Å²) in [7, 11) is 0. The quantitative estimate of drug-likeness (QED) is 0.568. The normalized spacial score (nSPS) is 18.0. The monoisotopic (exact) mass is 428 g/mol. The summed E-state index contributed by atoms with van der Waals surface area (Å²) >= 11 is -2.39. The number of aliphatic imine (C=N–C) groups is 1. The van der Waals surface area contributed by atoms with Gasteiger partial charge in [-0.3, -0.25) is 9.20 Å². The second-order valence-corrected chi connectivity index (χ2v) is 8.10. The van der Waals surface area contributed by atoms with E-state index in [1.165, 1.54) is 31.7 Å². The van der Waals surface area contributed by atoms with Crippen molar-refractivity contribution in [3.63, 3.8) is 0 Å². The number of nitrogens with one attached hydrogen (secondary N) is 1. The number of oxazole rings is 1. The van der Waals surface area contributed by atoms with E-state index in [4.69, 9.17) is 4.42 Å². The lowest BCUT2D eigenvalue weighted by Crippen LogP contribution is -2.21. The van der Waals surface area contributed by atoms with E-state index in [2.05, 4.69) is 21.9 Å². The lowest BCUT2D eigenvalue weighted by Gasteiger charge is -2.27. The minimum absolute atomic E-state index is 0. The van der Waals surface area contributed by atoms with Crippen molar-refractivity contribution >= 4 is 34.1 Å². The van der Waals surface area contributed by atoms with Crippen LogP contribution in [-0.2, 0) is 11.1 Å². The van der Waals surface area contributed by atoms with Gasteiger partial charge in [-0.15, -0.1) is 0 Å². The fourth-order valence-electron chi connectivity index (χ4n) is 3.95. The highest BCUT2D eigenvalue weighted by Crippen LogP contribution is 2.36. The number of hydrogen-bond acceptors (Lipinski definition) is 6. The first-order valence-electron chi connectivity index (χ1n) is 10.5. The molecule has 1 atom stereocenters. The third-order valence-corrected chi connectivity index (χ3v) is 6.01. The van der Waals surface area contributed by atoms with Crippen LogP contribution in [0.25, 0.3) is 5.57 Å². The summed E-state index contributed by atoms with van der Waals surface area (Å²) in [6, 6.07) is 5.48. The van der Waals surface area contributed by atoms with Crippen molar-refractivity contribution in [3.8, 4) is 0 Å². The molecule has 0 spiro atoms. The molecule has 0 amide bonds. The van der Waals surface area contributed by atoms with Gasteiger partial charge in [0.1, 0.15) is 6.26 Å². The van der Waals surface area contributed by atoms with E-state index in [-0.39, 0.29) is 6.32 Å². The molecule has 2 heterocycles. The summed E-state index contributed by atoms with van der Waals surface area (Å²) in [6.45, 7) is 8.23. The molecule has 0 saturated heterocycles. The Morgan fingerprint density at radius 2 is 2.03 bits per heavy atom. The van der Waals surface area contributed by atoms with Gasteiger partial charge in [0.25, 0.3) is 6.01 Å². The Bertz CT molecular complexity index is 964. The van der Waals surface area contributed by atoms with Crippen LogP contribution in [-0.4, -0.2) is 19.5 Å². The predicted octanol–water partition coefficient (Wildman–Crippen LogP) is 6.25. The van der Waals surface area contributed by atoms with Gasteiger partial charge in [-0.05, 0) is 52.8 Å². The third kappa shape index (κ3) is 5.15. The second kappa shape index (κ2) is 10.5. The Labute approximate surface area is 182 Å². The lowest BCUT2D eigenvalue weighted by molar-refractivity contribution is 0.439. The molecule has 1 aliphatic heterocycles. The maximum atomic E-state index is 11.9. The molecule has 7 heteroatoms. The highest BCUT2D eigenvalue weighted by atomic mass is 32.2. The molecule has 1 aliphatic carbocycles. The van der Waals surface area contributed by atoms with E-state index in [1.54, 1.807) is 18.2 Å². The van der Waals surface area contributed by atoms with Crippen LogP contribution in [0, 0.1) is 5.92 Å². The molecule has 1 fully saturated rings. The summed E-state index contributed by atoms with van der Waals surface area (Å²) in [6.07, 6.45) is 11.5. The highest BCUT2D eigenvalue weighted by molar-refractivity contribution is 7.79. The maximum absolute atomic E-state index is 11.9. The summed E-state index contributed by atoms with van der Waals surface area (Å²) in [5.41, 5.74) is 4.20. The molecule has 1 saturated carbocycles. The van der Waals surface area contributed by atoms with Crippen LogP contribution in [0.2, 0.25) is 0 Å². The van der Waals surface area contributed by atoms with Gasteiger partial charge in [0.15, 0.2) is 0 Å². The molecule has 1 N–H and O–H groups in total. The first-order chi connectivity index (χ1) is 14.6. The minimum Gasteiger partial charge on any atom is -0.768 e. The molecule has 1 unspecified atom stereocenters. The zero-order chi connectivity index (χ0) is 21.5. The van der Waals surface area contributed by atoms with Gasteiger partial charge in [0.05, 0.1) is 6.20 Å². The Morgan fingerprint density at radius 3 is 2.67 bits per heavy atom. The lowest BCUT2D eigenvalue weighted by atomic mass is 9.81. The standard InChI is InChI=1S/C21H23N3O3S.C2H6.H2/c1-14-11-16(13-23-20(14)15-5-3-2-4-6-15)18-8-7-17(12-19(18)28(25)26)24-21-22-9-10-27-21;1-2;/h7-10,12-13,15H,1-6,11H2,(H,22,24)(H,25,26);1-2H3;1H/p-1. The largest absolute Gasteiger partial charge is 0.768 e. The van der Waals surface area contributed by atoms with Crippen molar-refractivity contribution in [2.75, 3.05) is 5.32 Å². The van der Waals surface area contributed by atoms with Gasteiger partial charge < -0.3 is 14.3 Å². The molecular weight excluding hydrogens is 398 g/mol. The SMILES string of the molecule is C=C1CC(c2ccc(Nc3ncco3)cc2S(=O)[O-])=CN=C1C1CCCCC1.CC.[HH]. The second-order valence-electron chi connectivity index (χ2n) is 7.19. The van der Waals surface area contributed by atoms with Crippen LogP contribution >= 0.6 is 0 Å². The van der Waals surface area contributed by atoms with E-state index in [0.717, 1.165) is 29.7 Å². The van der Waals surface area contributed by atoms with E-state index in [0.29, 0.717) is 29.6 Å². The number of allylic oxidation sites excluding steroid dienone is 2. The van der Waals surface area contributed by atoms with Crippen molar-refractivity contribution in [3.05, 3.63) is 54.6 Å². The number of rotatable bonds is 5. The van der Waals surface area contributed by atoms with Crippen LogP contribution in [0.3, 0.4) is 0 Å². The van der Waals surface area contributed by atoms with Gasteiger partial charge in [-0.25, -0.2) is 4.98 Å². The van der Waals surface area contributed by atoms with Crippen LogP contribution < -0.4 is 5.32 Å². The molecule has 4 rings (SSSR count). The Hall–Kier alpha value is -2.51. The van der Waals surface area contributed by atoms with Gasteiger partial charge >= 0.3 is 0 Å². The number of benzene rings is 1. The fraction of sp³-hybridized carbons (Fsp3) is 0.391. The van der Waals surface area contributed by atoms with Gasteiger partial charge in [-0.2, -0.15) is 0 Å². The van der Waals surface area contributed by atoms with Gasteiger partial charge in [0.2, 0.25) is 0 Å². The minimum atomic E-state index is -2.39. The van der Waals surface area contributed by atoms with Crippen molar-refractivity contribution in [1.29, 1.82) is 0 Å². The maximum Gasteiger partial charge on any atom is 0.299 e. The molecule has 2 aliphatic rings. The van der Waals surface area contributed by atoms with Crippen LogP contribution in [0.15, 0.2) is 63.3 Å². The summed E-state index contributed by atoms with van der Waals surface area (Å²) in [4.78, 5) is 8.89. The molecule has 2 aromatic rings. The molecular formula is C23H30N3O3S-. The van der Waals surface area contributed by atoms with Gasteiger partial charge in [-0.1, -0.05) is 45.8 Å². The van der Waals surface area contributed by atoms with Crippen LogP contribution in [0.4, 0.5) is 11.7 Å². The highest BCUT2D eigenvalue weighted by Gasteiger charge is 2.24. The van der Waals surface area contributed by atoms with Crippen molar-refractivity contribution in [1.82, 2.24) is 4.98 Å². The first kappa shape index (κ1) is 22.2. The molecule has 162 valence electrons. The average Bonchev–Trinajstić information content (AvgIpc) is 3.28. The summed E-state index contributed by atoms with van der Waals surface area (Å²) < 4.78 is 28.9. The fourth-order valence-corrected chi connectivity index (χ4v) is 4.55. The summed E-state index contributed by atoms with van der Waals surface area (Å²) in [5.74, 6) is 0.486. The zero-order valence-electron chi connectivity index (χ0n) is 17.5. The smallest absolute Gasteiger partial charge is 0.299 e. The van der Waals surface area contributed by atoms with Crippen molar-refractivity contribution < 1.29 is 14.6 Å². The average molecular weight is 429 g/mol. The zero-order valence-corrected chi connectivity index (χ0v) is 18.3. The number of nitrogens with zero attached hydrogens (tertiary/aromatic N) is 2.